The maximum absolute atomic E-state index is 10.4. The minimum atomic E-state index is -0.889. The summed E-state index contributed by atoms with van der Waals surface area (Å²) in [6, 6.07) is 12.4. The Morgan fingerprint density at radius 2 is 1.78 bits per heavy atom. The van der Waals surface area contributed by atoms with Gasteiger partial charge in [-0.25, -0.2) is 0 Å². The topological polar surface area (TPSA) is 68.2 Å². The molecule has 0 amide bonds. The molecule has 2 rings (SSSR count). The van der Waals surface area contributed by atoms with E-state index in [0.29, 0.717) is 23.5 Å². The molecule has 2 N–H and O–H groups in total. The fourth-order valence-electron chi connectivity index (χ4n) is 2.26. The highest BCUT2D eigenvalue weighted by atomic mass is 16.7. The largest absolute Gasteiger partial charge is 0.507 e. The van der Waals surface area contributed by atoms with Crippen LogP contribution in [0, 0.1) is 0 Å². The van der Waals surface area contributed by atoms with Gasteiger partial charge in [0.2, 0.25) is 0 Å². The summed E-state index contributed by atoms with van der Waals surface area (Å²) in [6.45, 7) is 0.864. The van der Waals surface area contributed by atoms with Gasteiger partial charge in [0, 0.05) is 18.7 Å². The Balaban J connectivity index is 2.03. The first kappa shape index (κ1) is 17.3. The molecule has 2 aromatic carbocycles. The minimum Gasteiger partial charge on any atom is -0.507 e. The lowest BCUT2D eigenvalue weighted by Gasteiger charge is -2.14. The zero-order valence-electron chi connectivity index (χ0n) is 13.4. The maximum Gasteiger partial charge on any atom is 0.146 e. The second kappa shape index (κ2) is 8.53. The molecule has 0 radical (unpaired) electrons. The Morgan fingerprint density at radius 1 is 1.04 bits per heavy atom. The highest BCUT2D eigenvalue weighted by Crippen LogP contribution is 2.32. The van der Waals surface area contributed by atoms with Gasteiger partial charge in [0.15, 0.2) is 0 Å². The van der Waals surface area contributed by atoms with Crippen LogP contribution in [0.1, 0.15) is 22.8 Å². The van der Waals surface area contributed by atoms with Crippen LogP contribution in [-0.2, 0) is 15.9 Å². The SMILES string of the molecule is COCOCCc1ccc(C(O)c2ccc(OC)cc2O)cc1. The van der Waals surface area contributed by atoms with Gasteiger partial charge in [-0.1, -0.05) is 24.3 Å². The van der Waals surface area contributed by atoms with Crippen molar-refractivity contribution in [2.24, 2.45) is 0 Å². The van der Waals surface area contributed by atoms with Crippen molar-refractivity contribution < 1.29 is 24.4 Å². The molecule has 0 aromatic heterocycles. The monoisotopic (exact) mass is 318 g/mol. The minimum absolute atomic E-state index is 0.00823. The molecular weight excluding hydrogens is 296 g/mol. The Morgan fingerprint density at radius 3 is 2.39 bits per heavy atom. The van der Waals surface area contributed by atoms with E-state index in [0.717, 1.165) is 12.0 Å². The third kappa shape index (κ3) is 4.69. The molecule has 5 heteroatoms. The highest BCUT2D eigenvalue weighted by Gasteiger charge is 2.15. The molecule has 0 heterocycles. The van der Waals surface area contributed by atoms with Crippen molar-refractivity contribution in [2.75, 3.05) is 27.6 Å². The number of methoxy groups -OCH3 is 2. The molecule has 1 unspecified atom stereocenters. The summed E-state index contributed by atoms with van der Waals surface area (Å²) in [5.74, 6) is 0.554. The molecule has 0 saturated heterocycles. The number of aliphatic hydroxyl groups excluding tert-OH is 1. The zero-order chi connectivity index (χ0) is 16.7. The molecule has 0 saturated carbocycles. The molecule has 5 nitrogen and oxygen atoms in total. The van der Waals surface area contributed by atoms with Gasteiger partial charge in [0.05, 0.1) is 13.7 Å². The average molecular weight is 318 g/mol. The molecule has 124 valence electrons. The first-order chi connectivity index (χ1) is 11.2. The smallest absolute Gasteiger partial charge is 0.146 e. The van der Waals surface area contributed by atoms with Crippen molar-refractivity contribution in [1.82, 2.24) is 0 Å². The van der Waals surface area contributed by atoms with Crippen LogP contribution >= 0.6 is 0 Å². The predicted octanol–water partition coefficient (Wildman–Crippen LogP) is 2.65. The van der Waals surface area contributed by atoms with Gasteiger partial charge >= 0.3 is 0 Å². The van der Waals surface area contributed by atoms with E-state index >= 15 is 0 Å². The summed E-state index contributed by atoms with van der Waals surface area (Å²) < 4.78 is 15.1. The fourth-order valence-corrected chi connectivity index (χ4v) is 2.26. The highest BCUT2D eigenvalue weighted by molar-refractivity contribution is 5.44. The van der Waals surface area contributed by atoms with Gasteiger partial charge in [0.25, 0.3) is 0 Å². The molecule has 0 bridgehead atoms. The number of hydrogen-bond acceptors (Lipinski definition) is 5. The van der Waals surface area contributed by atoms with E-state index in [9.17, 15) is 10.2 Å². The Bertz CT molecular complexity index is 609. The first-order valence-corrected chi connectivity index (χ1v) is 7.36. The van der Waals surface area contributed by atoms with E-state index in [1.54, 1.807) is 19.2 Å². The second-order valence-corrected chi connectivity index (χ2v) is 5.13. The number of phenolic OH excluding ortho intramolecular Hbond substituents is 1. The van der Waals surface area contributed by atoms with Crippen molar-refractivity contribution >= 4 is 0 Å². The standard InChI is InChI=1S/C18H22O5/c1-21-12-23-10-9-13-3-5-14(6-4-13)18(20)16-8-7-15(22-2)11-17(16)19/h3-8,11,18-20H,9-10,12H2,1-2H3. The lowest BCUT2D eigenvalue weighted by Crippen LogP contribution is -2.03. The molecule has 0 aliphatic rings. The molecule has 0 fully saturated rings. The Kier molecular flexibility index (Phi) is 6.40. The van der Waals surface area contributed by atoms with Crippen LogP contribution < -0.4 is 4.74 Å². The first-order valence-electron chi connectivity index (χ1n) is 7.36. The average Bonchev–Trinajstić information content (AvgIpc) is 2.58. The summed E-state index contributed by atoms with van der Waals surface area (Å²) in [5, 5.41) is 20.4. The summed E-state index contributed by atoms with van der Waals surface area (Å²) in [5.41, 5.74) is 2.27. The molecule has 0 aliphatic carbocycles. The second-order valence-electron chi connectivity index (χ2n) is 5.13. The van der Waals surface area contributed by atoms with Crippen molar-refractivity contribution in [3.05, 3.63) is 59.2 Å². The van der Waals surface area contributed by atoms with Crippen molar-refractivity contribution in [3.63, 3.8) is 0 Å². The molecule has 1 atom stereocenters. The van der Waals surface area contributed by atoms with Crippen LogP contribution in [0.3, 0.4) is 0 Å². The third-order valence-corrected chi connectivity index (χ3v) is 3.56. The van der Waals surface area contributed by atoms with E-state index in [1.165, 1.54) is 13.2 Å². The summed E-state index contributed by atoms with van der Waals surface area (Å²) in [4.78, 5) is 0. The van der Waals surface area contributed by atoms with E-state index in [1.807, 2.05) is 24.3 Å². The number of rotatable bonds is 8. The van der Waals surface area contributed by atoms with Crippen molar-refractivity contribution in [2.45, 2.75) is 12.5 Å². The van der Waals surface area contributed by atoms with E-state index < -0.39 is 6.10 Å². The summed E-state index contributed by atoms with van der Waals surface area (Å²) >= 11 is 0. The van der Waals surface area contributed by atoms with Gasteiger partial charge in [-0.2, -0.15) is 0 Å². The number of phenols is 1. The van der Waals surface area contributed by atoms with E-state index in [-0.39, 0.29) is 12.5 Å². The molecule has 0 spiro atoms. The van der Waals surface area contributed by atoms with E-state index in [2.05, 4.69) is 0 Å². The van der Waals surface area contributed by atoms with Gasteiger partial charge < -0.3 is 24.4 Å². The number of ether oxygens (including phenoxy) is 3. The molecule has 0 aliphatic heterocycles. The maximum atomic E-state index is 10.4. The molecule has 23 heavy (non-hydrogen) atoms. The van der Waals surface area contributed by atoms with Gasteiger partial charge in [-0.05, 0) is 29.7 Å². The van der Waals surface area contributed by atoms with Gasteiger partial charge in [-0.3, -0.25) is 0 Å². The van der Waals surface area contributed by atoms with Crippen LogP contribution in [-0.4, -0.2) is 37.8 Å². The number of aromatic hydroxyl groups is 1. The van der Waals surface area contributed by atoms with Crippen LogP contribution in [0.25, 0.3) is 0 Å². The van der Waals surface area contributed by atoms with Crippen molar-refractivity contribution in [1.29, 1.82) is 0 Å². The van der Waals surface area contributed by atoms with Crippen LogP contribution in [0.15, 0.2) is 42.5 Å². The number of hydrogen-bond donors (Lipinski definition) is 2. The lowest BCUT2D eigenvalue weighted by atomic mass is 9.99. The Hall–Kier alpha value is -2.08. The third-order valence-electron chi connectivity index (χ3n) is 3.56. The number of benzene rings is 2. The quantitative estimate of drug-likeness (QED) is 0.578. The lowest BCUT2D eigenvalue weighted by molar-refractivity contribution is -0.0291. The van der Waals surface area contributed by atoms with Crippen LogP contribution in [0.5, 0.6) is 11.5 Å². The van der Waals surface area contributed by atoms with Gasteiger partial charge in [-0.15, -0.1) is 0 Å². The van der Waals surface area contributed by atoms with Gasteiger partial charge in [0.1, 0.15) is 24.4 Å². The molecule has 2 aromatic rings. The summed E-state index contributed by atoms with van der Waals surface area (Å²) in [6.07, 6.45) is -0.118. The number of aliphatic hydroxyl groups is 1. The van der Waals surface area contributed by atoms with Crippen LogP contribution in [0.4, 0.5) is 0 Å². The normalized spacial score (nSPS) is 12.1. The Labute approximate surface area is 136 Å². The zero-order valence-corrected chi connectivity index (χ0v) is 13.4. The summed E-state index contributed by atoms with van der Waals surface area (Å²) in [7, 11) is 3.12. The fraction of sp³-hybridized carbons (Fsp3) is 0.333. The van der Waals surface area contributed by atoms with Crippen LogP contribution in [0.2, 0.25) is 0 Å². The van der Waals surface area contributed by atoms with Crippen molar-refractivity contribution in [3.8, 4) is 11.5 Å². The van der Waals surface area contributed by atoms with E-state index in [4.69, 9.17) is 14.2 Å². The predicted molar refractivity (Wildman–Crippen MR) is 86.7 cm³/mol. The molecular formula is C18H22O5.